The quantitative estimate of drug-likeness (QED) is 0.910. The molecule has 110 valence electrons. The summed E-state index contributed by atoms with van der Waals surface area (Å²) >= 11 is 0. The van der Waals surface area contributed by atoms with Crippen LogP contribution in [-0.2, 0) is 6.42 Å². The van der Waals surface area contributed by atoms with Crippen molar-refractivity contribution in [1.29, 1.82) is 0 Å². The van der Waals surface area contributed by atoms with E-state index in [1.165, 1.54) is 11.1 Å². The van der Waals surface area contributed by atoms with Crippen LogP contribution in [-0.4, -0.2) is 12.6 Å². The molecule has 1 aliphatic heterocycles. The topological polar surface area (TPSA) is 21.3 Å². The molecule has 2 aromatic carbocycles. The largest absolute Gasteiger partial charge is 0.487 e. The summed E-state index contributed by atoms with van der Waals surface area (Å²) in [6, 6.07) is 19.4. The van der Waals surface area contributed by atoms with Crippen LogP contribution in [0.4, 0.5) is 0 Å². The van der Waals surface area contributed by atoms with Gasteiger partial charge in [-0.05, 0) is 38.4 Å². The van der Waals surface area contributed by atoms with Crippen LogP contribution in [0.25, 0.3) is 0 Å². The van der Waals surface area contributed by atoms with Crippen LogP contribution >= 0.6 is 0 Å². The summed E-state index contributed by atoms with van der Waals surface area (Å²) in [4.78, 5) is 0. The molecule has 2 heteroatoms. The second-order valence-electron chi connectivity index (χ2n) is 6.12. The molecule has 2 atom stereocenters. The predicted octanol–water partition coefficient (Wildman–Crippen LogP) is 4.12. The number of hydrogen-bond acceptors (Lipinski definition) is 2. The van der Waals surface area contributed by atoms with Crippen LogP contribution in [0.5, 0.6) is 5.75 Å². The highest BCUT2D eigenvalue weighted by molar-refractivity contribution is 5.38. The smallest absolute Gasteiger partial charge is 0.124 e. The van der Waals surface area contributed by atoms with Crippen LogP contribution in [0.3, 0.4) is 0 Å². The van der Waals surface area contributed by atoms with Gasteiger partial charge in [-0.15, -0.1) is 0 Å². The number of rotatable bonds is 4. The molecule has 0 bridgehead atoms. The summed E-state index contributed by atoms with van der Waals surface area (Å²) in [5.74, 6) is 1.03. The molecule has 1 heterocycles. The van der Waals surface area contributed by atoms with Crippen molar-refractivity contribution < 1.29 is 4.74 Å². The number of hydrogen-bond donors (Lipinski definition) is 1. The Bertz CT molecular complexity index is 596. The fraction of sp³-hybridized carbons (Fsp3) is 0.368. The fourth-order valence-electron chi connectivity index (χ4n) is 3.17. The third kappa shape index (κ3) is 3.11. The summed E-state index contributed by atoms with van der Waals surface area (Å²) in [5, 5.41) is 3.43. The third-order valence-electron chi connectivity index (χ3n) is 4.42. The maximum atomic E-state index is 6.33. The molecule has 1 N–H and O–H groups in total. The first kappa shape index (κ1) is 14.2. The number of aryl methyl sites for hydroxylation is 1. The summed E-state index contributed by atoms with van der Waals surface area (Å²) in [6.45, 7) is 2.23. The van der Waals surface area contributed by atoms with Crippen molar-refractivity contribution in [2.45, 2.75) is 37.8 Å². The molecule has 1 aliphatic rings. The van der Waals surface area contributed by atoms with E-state index in [4.69, 9.17) is 4.74 Å². The Hall–Kier alpha value is -1.80. The minimum absolute atomic E-state index is 0.113. The maximum Gasteiger partial charge on any atom is 0.124 e. The Morgan fingerprint density at radius 3 is 2.57 bits per heavy atom. The molecule has 3 rings (SSSR count). The lowest BCUT2D eigenvalue weighted by Gasteiger charge is -2.40. The molecule has 0 spiro atoms. The maximum absolute atomic E-state index is 6.33. The number of nitrogens with one attached hydrogen (secondary N) is 1. The van der Waals surface area contributed by atoms with E-state index in [9.17, 15) is 0 Å². The van der Waals surface area contributed by atoms with Gasteiger partial charge in [0.25, 0.3) is 0 Å². The van der Waals surface area contributed by atoms with Crippen molar-refractivity contribution in [3.8, 4) is 5.75 Å². The minimum Gasteiger partial charge on any atom is -0.487 e. The monoisotopic (exact) mass is 281 g/mol. The molecule has 0 saturated carbocycles. The lowest BCUT2D eigenvalue weighted by atomic mass is 9.84. The van der Waals surface area contributed by atoms with Crippen LogP contribution in [0, 0.1) is 0 Å². The molecule has 0 aromatic heterocycles. The minimum atomic E-state index is -0.113. The summed E-state index contributed by atoms with van der Waals surface area (Å²) < 4.78 is 6.33. The highest BCUT2D eigenvalue weighted by Gasteiger charge is 2.36. The van der Waals surface area contributed by atoms with Crippen LogP contribution in [0.2, 0.25) is 0 Å². The van der Waals surface area contributed by atoms with Crippen molar-refractivity contribution in [2.75, 3.05) is 7.05 Å². The van der Waals surface area contributed by atoms with Gasteiger partial charge in [0.1, 0.15) is 11.4 Å². The molecule has 2 nitrogen and oxygen atoms in total. The molecule has 21 heavy (non-hydrogen) atoms. The van der Waals surface area contributed by atoms with Gasteiger partial charge in [0, 0.05) is 18.0 Å². The highest BCUT2D eigenvalue weighted by atomic mass is 16.5. The van der Waals surface area contributed by atoms with E-state index in [1.807, 2.05) is 7.05 Å². The standard InChI is InChI=1S/C19H23NO/c1-19(13-12-15-8-4-3-5-9-15)14-17(20-2)16-10-6-7-11-18(16)21-19/h3-11,17,20H,12-14H2,1-2H3. The Labute approximate surface area is 127 Å². The van der Waals surface area contributed by atoms with E-state index in [1.54, 1.807) is 0 Å². The van der Waals surface area contributed by atoms with Gasteiger partial charge < -0.3 is 10.1 Å². The number of fused-ring (bicyclic) bond motifs is 1. The lowest BCUT2D eigenvalue weighted by Crippen LogP contribution is -2.41. The first-order valence-corrected chi connectivity index (χ1v) is 7.69. The number of ether oxygens (including phenoxy) is 1. The lowest BCUT2D eigenvalue weighted by molar-refractivity contribution is 0.0412. The van der Waals surface area contributed by atoms with Gasteiger partial charge >= 0.3 is 0 Å². The van der Waals surface area contributed by atoms with E-state index in [0.29, 0.717) is 6.04 Å². The average Bonchev–Trinajstić information content (AvgIpc) is 2.53. The average molecular weight is 281 g/mol. The zero-order chi connectivity index (χ0) is 14.7. The Morgan fingerprint density at radius 2 is 1.81 bits per heavy atom. The Morgan fingerprint density at radius 1 is 1.10 bits per heavy atom. The third-order valence-corrected chi connectivity index (χ3v) is 4.42. The molecule has 0 fully saturated rings. The fourth-order valence-corrected chi connectivity index (χ4v) is 3.17. The predicted molar refractivity (Wildman–Crippen MR) is 86.7 cm³/mol. The zero-order valence-electron chi connectivity index (χ0n) is 12.8. The molecule has 0 amide bonds. The Kier molecular flexibility index (Phi) is 3.98. The molecule has 2 unspecified atom stereocenters. The van der Waals surface area contributed by atoms with Gasteiger partial charge in [0.15, 0.2) is 0 Å². The van der Waals surface area contributed by atoms with E-state index in [-0.39, 0.29) is 5.60 Å². The molecule has 2 aromatic rings. The second-order valence-corrected chi connectivity index (χ2v) is 6.12. The number of benzene rings is 2. The normalized spacial score (nSPS) is 24.2. The van der Waals surface area contributed by atoms with Crippen LogP contribution in [0.15, 0.2) is 54.6 Å². The van der Waals surface area contributed by atoms with Gasteiger partial charge in [-0.3, -0.25) is 0 Å². The van der Waals surface area contributed by atoms with Crippen molar-refractivity contribution in [2.24, 2.45) is 0 Å². The van der Waals surface area contributed by atoms with Gasteiger partial charge in [-0.25, -0.2) is 0 Å². The van der Waals surface area contributed by atoms with E-state index >= 15 is 0 Å². The van der Waals surface area contributed by atoms with Gasteiger partial charge in [0.2, 0.25) is 0 Å². The van der Waals surface area contributed by atoms with E-state index in [0.717, 1.165) is 25.0 Å². The molecular formula is C19H23NO. The van der Waals surface area contributed by atoms with Crippen LogP contribution in [0.1, 0.15) is 36.9 Å². The van der Waals surface area contributed by atoms with Crippen LogP contribution < -0.4 is 10.1 Å². The van der Waals surface area contributed by atoms with Crippen molar-refractivity contribution in [1.82, 2.24) is 5.32 Å². The zero-order valence-corrected chi connectivity index (χ0v) is 12.8. The van der Waals surface area contributed by atoms with E-state index in [2.05, 4.69) is 66.8 Å². The Balaban J connectivity index is 1.76. The molecular weight excluding hydrogens is 258 g/mol. The van der Waals surface area contributed by atoms with Gasteiger partial charge in [0.05, 0.1) is 0 Å². The van der Waals surface area contributed by atoms with Gasteiger partial charge in [-0.1, -0.05) is 48.5 Å². The van der Waals surface area contributed by atoms with Crippen molar-refractivity contribution in [3.63, 3.8) is 0 Å². The van der Waals surface area contributed by atoms with Gasteiger partial charge in [-0.2, -0.15) is 0 Å². The summed E-state index contributed by atoms with van der Waals surface area (Å²) in [5.41, 5.74) is 2.54. The summed E-state index contributed by atoms with van der Waals surface area (Å²) in [6.07, 6.45) is 3.09. The van der Waals surface area contributed by atoms with Crippen molar-refractivity contribution >= 4 is 0 Å². The first-order valence-electron chi connectivity index (χ1n) is 7.69. The summed E-state index contributed by atoms with van der Waals surface area (Å²) in [7, 11) is 2.03. The van der Waals surface area contributed by atoms with E-state index < -0.39 is 0 Å². The SMILES string of the molecule is CNC1CC(C)(CCc2ccccc2)Oc2ccccc21. The number of para-hydroxylation sites is 1. The van der Waals surface area contributed by atoms with Crippen molar-refractivity contribution in [3.05, 3.63) is 65.7 Å². The highest BCUT2D eigenvalue weighted by Crippen LogP contribution is 2.41. The molecule has 0 aliphatic carbocycles. The second kappa shape index (κ2) is 5.90. The first-order chi connectivity index (χ1) is 10.2. The molecule has 0 radical (unpaired) electrons. The molecule has 0 saturated heterocycles.